The zero-order valence-electron chi connectivity index (χ0n) is 20.4. The van der Waals surface area contributed by atoms with Crippen LogP contribution in [0.15, 0.2) is 59.5 Å². The van der Waals surface area contributed by atoms with Crippen LogP contribution in [0.3, 0.4) is 0 Å². The fourth-order valence-corrected chi connectivity index (χ4v) is 6.10. The SMILES string of the molecule is Cc1ccc(CN(CC(=O)Nc2ccc3c(c2)OCCO3)S(=O)(=O)c2c(C)cc(C)cc2C)cc1. The van der Waals surface area contributed by atoms with Crippen LogP contribution in [-0.4, -0.2) is 38.4 Å². The number of benzene rings is 3. The Hall–Kier alpha value is -3.36. The van der Waals surface area contributed by atoms with E-state index in [1.807, 2.05) is 50.2 Å². The summed E-state index contributed by atoms with van der Waals surface area (Å²) in [4.78, 5) is 13.3. The maximum absolute atomic E-state index is 13.8. The highest BCUT2D eigenvalue weighted by atomic mass is 32.2. The molecule has 0 saturated heterocycles. The Bertz CT molecular complexity index is 1330. The normalized spacial score (nSPS) is 13.1. The molecule has 1 N–H and O–H groups in total. The van der Waals surface area contributed by atoms with Gasteiger partial charge in [0.2, 0.25) is 15.9 Å². The topological polar surface area (TPSA) is 84.9 Å². The van der Waals surface area contributed by atoms with Gasteiger partial charge in [0.25, 0.3) is 0 Å². The molecule has 7 nitrogen and oxygen atoms in total. The van der Waals surface area contributed by atoms with Gasteiger partial charge in [0.1, 0.15) is 13.2 Å². The molecule has 0 aromatic heterocycles. The lowest BCUT2D eigenvalue weighted by Gasteiger charge is -2.24. The molecule has 0 aliphatic carbocycles. The van der Waals surface area contributed by atoms with Gasteiger partial charge >= 0.3 is 0 Å². The van der Waals surface area contributed by atoms with Crippen LogP contribution in [0.1, 0.15) is 27.8 Å². The van der Waals surface area contributed by atoms with Crippen LogP contribution in [0, 0.1) is 27.7 Å². The monoisotopic (exact) mass is 494 g/mol. The van der Waals surface area contributed by atoms with Crippen molar-refractivity contribution in [1.82, 2.24) is 4.31 Å². The Kier molecular flexibility index (Phi) is 7.14. The Morgan fingerprint density at radius 2 is 1.49 bits per heavy atom. The van der Waals surface area contributed by atoms with E-state index < -0.39 is 15.9 Å². The molecule has 0 unspecified atom stereocenters. The molecule has 35 heavy (non-hydrogen) atoms. The highest BCUT2D eigenvalue weighted by Crippen LogP contribution is 2.33. The van der Waals surface area contributed by atoms with Crippen molar-refractivity contribution in [2.24, 2.45) is 0 Å². The van der Waals surface area contributed by atoms with E-state index in [0.717, 1.165) is 16.7 Å². The molecule has 1 amide bonds. The predicted molar refractivity (Wildman–Crippen MR) is 135 cm³/mol. The Morgan fingerprint density at radius 1 is 0.857 bits per heavy atom. The minimum atomic E-state index is -3.96. The smallest absolute Gasteiger partial charge is 0.244 e. The van der Waals surface area contributed by atoms with Crippen LogP contribution in [0.4, 0.5) is 5.69 Å². The molecule has 0 spiro atoms. The number of amides is 1. The number of nitrogens with one attached hydrogen (secondary N) is 1. The molecule has 4 rings (SSSR count). The number of hydrogen-bond donors (Lipinski definition) is 1. The summed E-state index contributed by atoms with van der Waals surface area (Å²) in [7, 11) is -3.96. The molecule has 0 bridgehead atoms. The second-order valence-electron chi connectivity index (χ2n) is 8.89. The molecule has 8 heteroatoms. The summed E-state index contributed by atoms with van der Waals surface area (Å²) in [6.07, 6.45) is 0. The number of rotatable bonds is 7. The van der Waals surface area contributed by atoms with Gasteiger partial charge in [-0.05, 0) is 56.5 Å². The van der Waals surface area contributed by atoms with Crippen LogP contribution in [0.2, 0.25) is 0 Å². The van der Waals surface area contributed by atoms with Gasteiger partial charge in [-0.25, -0.2) is 8.42 Å². The Morgan fingerprint density at radius 3 is 2.14 bits per heavy atom. The van der Waals surface area contributed by atoms with Crippen LogP contribution in [0.25, 0.3) is 0 Å². The van der Waals surface area contributed by atoms with E-state index in [1.54, 1.807) is 32.0 Å². The predicted octanol–water partition coefficient (Wildman–Crippen LogP) is 4.52. The van der Waals surface area contributed by atoms with Crippen molar-refractivity contribution in [2.75, 3.05) is 25.1 Å². The molecule has 0 saturated carbocycles. The zero-order valence-corrected chi connectivity index (χ0v) is 21.2. The van der Waals surface area contributed by atoms with Gasteiger partial charge in [0, 0.05) is 18.3 Å². The molecule has 1 aliphatic heterocycles. The summed E-state index contributed by atoms with van der Waals surface area (Å²) in [6.45, 7) is 8.11. The summed E-state index contributed by atoms with van der Waals surface area (Å²) in [5.41, 5.74) is 4.68. The van der Waals surface area contributed by atoms with Crippen molar-refractivity contribution in [2.45, 2.75) is 39.1 Å². The number of aryl methyl sites for hydroxylation is 4. The van der Waals surface area contributed by atoms with E-state index in [0.29, 0.717) is 41.5 Å². The standard InChI is InChI=1S/C27H30N2O5S/c1-18-5-7-22(8-6-18)16-29(35(31,32)27-20(3)13-19(2)14-21(27)4)17-26(30)28-23-9-10-24-25(15-23)34-12-11-33-24/h5-10,13-15H,11-12,16-17H2,1-4H3,(H,28,30). The third-order valence-electron chi connectivity index (χ3n) is 5.83. The maximum Gasteiger partial charge on any atom is 0.244 e. The zero-order chi connectivity index (χ0) is 25.2. The summed E-state index contributed by atoms with van der Waals surface area (Å²) < 4.78 is 40.0. The highest BCUT2D eigenvalue weighted by molar-refractivity contribution is 7.89. The molecular weight excluding hydrogens is 464 g/mol. The first-order valence-corrected chi connectivity index (χ1v) is 12.9. The van der Waals surface area contributed by atoms with E-state index in [-0.39, 0.29) is 18.0 Å². The average molecular weight is 495 g/mol. The Labute approximate surface area is 206 Å². The highest BCUT2D eigenvalue weighted by Gasteiger charge is 2.30. The van der Waals surface area contributed by atoms with Crippen molar-refractivity contribution in [3.63, 3.8) is 0 Å². The second kappa shape index (κ2) is 10.1. The number of carbonyl (C=O) groups is 1. The van der Waals surface area contributed by atoms with E-state index in [2.05, 4.69) is 5.32 Å². The van der Waals surface area contributed by atoms with Crippen LogP contribution in [-0.2, 0) is 21.4 Å². The quantitative estimate of drug-likeness (QED) is 0.522. The molecule has 184 valence electrons. The number of sulfonamides is 1. The third-order valence-corrected chi connectivity index (χ3v) is 7.93. The van der Waals surface area contributed by atoms with Gasteiger partial charge in [-0.15, -0.1) is 0 Å². The van der Waals surface area contributed by atoms with Crippen molar-refractivity contribution in [1.29, 1.82) is 0 Å². The number of carbonyl (C=O) groups excluding carboxylic acids is 1. The molecule has 0 atom stereocenters. The number of nitrogens with zero attached hydrogens (tertiary/aromatic N) is 1. The number of ether oxygens (including phenoxy) is 2. The van der Waals surface area contributed by atoms with Crippen LogP contribution < -0.4 is 14.8 Å². The lowest BCUT2D eigenvalue weighted by molar-refractivity contribution is -0.116. The average Bonchev–Trinajstić information content (AvgIpc) is 2.79. The molecule has 0 radical (unpaired) electrons. The lowest BCUT2D eigenvalue weighted by Crippen LogP contribution is -2.38. The van der Waals surface area contributed by atoms with E-state index in [9.17, 15) is 13.2 Å². The van der Waals surface area contributed by atoms with Gasteiger partial charge in [0.05, 0.1) is 11.4 Å². The second-order valence-corrected chi connectivity index (χ2v) is 10.8. The number of hydrogen-bond acceptors (Lipinski definition) is 5. The number of anilines is 1. The molecule has 1 aliphatic rings. The number of fused-ring (bicyclic) bond motifs is 1. The van der Waals surface area contributed by atoms with E-state index in [4.69, 9.17) is 9.47 Å². The molecule has 3 aromatic rings. The third kappa shape index (κ3) is 5.66. The van der Waals surface area contributed by atoms with Crippen molar-refractivity contribution < 1.29 is 22.7 Å². The fraction of sp³-hybridized carbons (Fsp3) is 0.296. The lowest BCUT2D eigenvalue weighted by atomic mass is 10.1. The minimum absolute atomic E-state index is 0.0733. The van der Waals surface area contributed by atoms with Crippen molar-refractivity contribution in [3.05, 3.63) is 82.4 Å². The summed E-state index contributed by atoms with van der Waals surface area (Å²) >= 11 is 0. The van der Waals surface area contributed by atoms with Crippen LogP contribution in [0.5, 0.6) is 11.5 Å². The van der Waals surface area contributed by atoms with Gasteiger partial charge < -0.3 is 14.8 Å². The van der Waals surface area contributed by atoms with E-state index in [1.165, 1.54) is 4.31 Å². The molecule has 1 heterocycles. The fourth-order valence-electron chi connectivity index (χ4n) is 4.31. The molecule has 3 aromatic carbocycles. The minimum Gasteiger partial charge on any atom is -0.486 e. The largest absolute Gasteiger partial charge is 0.486 e. The molecule has 0 fully saturated rings. The first-order valence-electron chi connectivity index (χ1n) is 11.5. The summed E-state index contributed by atoms with van der Waals surface area (Å²) in [5.74, 6) is 0.715. The van der Waals surface area contributed by atoms with Gasteiger partial charge in [0.15, 0.2) is 11.5 Å². The summed E-state index contributed by atoms with van der Waals surface area (Å²) in [6, 6.07) is 16.4. The first-order chi connectivity index (χ1) is 16.6. The molecular formula is C27H30N2O5S. The van der Waals surface area contributed by atoms with Crippen molar-refractivity contribution >= 4 is 21.6 Å². The van der Waals surface area contributed by atoms with Crippen molar-refractivity contribution in [3.8, 4) is 11.5 Å². The maximum atomic E-state index is 13.8. The van der Waals surface area contributed by atoms with E-state index >= 15 is 0 Å². The van der Waals surface area contributed by atoms with Gasteiger partial charge in [-0.3, -0.25) is 4.79 Å². The summed E-state index contributed by atoms with van der Waals surface area (Å²) in [5, 5.41) is 2.80. The van der Waals surface area contributed by atoms with Gasteiger partial charge in [-0.2, -0.15) is 4.31 Å². The van der Waals surface area contributed by atoms with Gasteiger partial charge in [-0.1, -0.05) is 47.5 Å². The first kappa shape index (κ1) is 24.8. The Balaban J connectivity index is 1.63. The van der Waals surface area contributed by atoms with Crippen LogP contribution >= 0.6 is 0 Å².